The topological polar surface area (TPSA) is 73.9 Å². The number of ether oxygens (including phenoxy) is 1. The molecule has 2 heterocycles. The molecule has 2 aromatic carbocycles. The van der Waals surface area contributed by atoms with Crippen LogP contribution in [0.2, 0.25) is 0 Å². The number of likely N-dealkylation sites (N-methyl/N-ethyl adjacent to an activating group) is 1. The van der Waals surface area contributed by atoms with Crippen molar-refractivity contribution in [1.82, 2.24) is 10.2 Å². The number of amides is 2. The molecule has 0 unspecified atom stereocenters. The molecule has 0 saturated carbocycles. The molecule has 0 spiro atoms. The molecule has 1 fully saturated rings. The van der Waals surface area contributed by atoms with Crippen molar-refractivity contribution in [3.8, 4) is 0 Å². The number of benzene rings is 2. The highest BCUT2D eigenvalue weighted by atomic mass is 16.5. The number of carbonyl (C=O) groups is 2. The van der Waals surface area contributed by atoms with Gasteiger partial charge in [-0.15, -0.1) is 0 Å². The van der Waals surface area contributed by atoms with Crippen LogP contribution in [0.15, 0.2) is 42.5 Å². The van der Waals surface area contributed by atoms with Gasteiger partial charge in [0.05, 0.1) is 19.3 Å². The van der Waals surface area contributed by atoms with Crippen molar-refractivity contribution in [3.63, 3.8) is 0 Å². The number of nitrogens with one attached hydrogen (secondary N) is 2. The van der Waals surface area contributed by atoms with E-state index in [9.17, 15) is 9.59 Å². The maximum absolute atomic E-state index is 12.5. The normalized spacial score (nSPS) is 17.2. The van der Waals surface area contributed by atoms with E-state index >= 15 is 0 Å². The van der Waals surface area contributed by atoms with E-state index in [4.69, 9.17) is 4.74 Å². The minimum atomic E-state index is -0.651. The van der Waals surface area contributed by atoms with Crippen LogP contribution in [0.4, 0.5) is 11.4 Å². The Bertz CT molecular complexity index is 956. The minimum absolute atomic E-state index is 0.00386. The Morgan fingerprint density at radius 1 is 1.06 bits per heavy atom. The Morgan fingerprint density at radius 2 is 1.87 bits per heavy atom. The molecule has 0 bridgehead atoms. The van der Waals surface area contributed by atoms with Gasteiger partial charge in [0, 0.05) is 44.6 Å². The molecule has 2 aliphatic rings. The summed E-state index contributed by atoms with van der Waals surface area (Å²) in [6, 6.07) is 13.9. The molecule has 2 N–H and O–H groups in total. The van der Waals surface area contributed by atoms with Crippen LogP contribution in [0.1, 0.15) is 22.7 Å². The molecular formula is C24H30N4O3. The SMILES string of the molecule is Cc1cccc(NC(=O)C(=O)NC[C@H](c2ccc3c(c2)CCN3C)N2CCOCC2)c1. The van der Waals surface area contributed by atoms with E-state index in [1.165, 1.54) is 11.3 Å². The fourth-order valence-electron chi connectivity index (χ4n) is 4.32. The minimum Gasteiger partial charge on any atom is -0.379 e. The van der Waals surface area contributed by atoms with E-state index in [2.05, 4.69) is 45.7 Å². The predicted octanol–water partition coefficient (Wildman–Crippen LogP) is 2.12. The van der Waals surface area contributed by atoms with Gasteiger partial charge >= 0.3 is 11.8 Å². The second kappa shape index (κ2) is 9.49. The highest BCUT2D eigenvalue weighted by Crippen LogP contribution is 2.31. The summed E-state index contributed by atoms with van der Waals surface area (Å²) in [6.45, 7) is 6.28. The molecule has 4 rings (SSSR count). The number of anilines is 2. The summed E-state index contributed by atoms with van der Waals surface area (Å²) in [5, 5.41) is 5.52. The van der Waals surface area contributed by atoms with Gasteiger partial charge in [0.1, 0.15) is 0 Å². The smallest absolute Gasteiger partial charge is 0.313 e. The molecule has 7 heteroatoms. The lowest BCUT2D eigenvalue weighted by Crippen LogP contribution is -2.45. The van der Waals surface area contributed by atoms with Crippen molar-refractivity contribution < 1.29 is 14.3 Å². The average molecular weight is 423 g/mol. The van der Waals surface area contributed by atoms with Crippen LogP contribution < -0.4 is 15.5 Å². The second-order valence-electron chi connectivity index (χ2n) is 8.26. The lowest BCUT2D eigenvalue weighted by Gasteiger charge is -2.35. The lowest BCUT2D eigenvalue weighted by molar-refractivity contribution is -0.136. The second-order valence-corrected chi connectivity index (χ2v) is 8.26. The van der Waals surface area contributed by atoms with Crippen LogP contribution in [-0.2, 0) is 20.7 Å². The third kappa shape index (κ3) is 5.06. The number of hydrogen-bond donors (Lipinski definition) is 2. The first kappa shape index (κ1) is 21.3. The van der Waals surface area contributed by atoms with Crippen LogP contribution >= 0.6 is 0 Å². The van der Waals surface area contributed by atoms with E-state index in [1.807, 2.05) is 25.1 Å². The Kier molecular flexibility index (Phi) is 6.53. The zero-order valence-corrected chi connectivity index (χ0v) is 18.2. The van der Waals surface area contributed by atoms with Gasteiger partial charge in [-0.2, -0.15) is 0 Å². The Labute approximate surface area is 183 Å². The largest absolute Gasteiger partial charge is 0.379 e. The van der Waals surface area contributed by atoms with Crippen LogP contribution in [0.3, 0.4) is 0 Å². The van der Waals surface area contributed by atoms with Crippen molar-refractivity contribution in [2.45, 2.75) is 19.4 Å². The summed E-state index contributed by atoms with van der Waals surface area (Å²) >= 11 is 0. The first-order chi connectivity index (χ1) is 15.0. The molecule has 2 aromatic rings. The van der Waals surface area contributed by atoms with E-state index < -0.39 is 11.8 Å². The number of nitrogens with zero attached hydrogens (tertiary/aromatic N) is 2. The monoisotopic (exact) mass is 422 g/mol. The average Bonchev–Trinajstić information content (AvgIpc) is 3.14. The first-order valence-electron chi connectivity index (χ1n) is 10.8. The van der Waals surface area contributed by atoms with E-state index in [0.717, 1.165) is 37.2 Å². The Balaban J connectivity index is 1.45. The standard InChI is InChI=1S/C24H30N4O3/c1-17-4-3-5-20(14-17)26-24(30)23(29)25-16-22(28-10-12-31-13-11-28)18-6-7-21-19(15-18)8-9-27(21)2/h3-7,14-15,22H,8-13,16H2,1-2H3,(H,25,29)(H,26,30)/t22-/m1/s1. The molecule has 1 saturated heterocycles. The summed E-state index contributed by atoms with van der Waals surface area (Å²) < 4.78 is 5.51. The van der Waals surface area contributed by atoms with E-state index in [1.54, 1.807) is 6.07 Å². The van der Waals surface area contributed by atoms with Gasteiger partial charge in [-0.05, 0) is 48.2 Å². The molecule has 7 nitrogen and oxygen atoms in total. The molecule has 2 amide bonds. The summed E-state index contributed by atoms with van der Waals surface area (Å²) in [7, 11) is 2.11. The van der Waals surface area contributed by atoms with Gasteiger partial charge in [-0.1, -0.05) is 24.3 Å². The number of rotatable bonds is 5. The molecule has 31 heavy (non-hydrogen) atoms. The first-order valence-corrected chi connectivity index (χ1v) is 10.8. The zero-order chi connectivity index (χ0) is 21.8. The van der Waals surface area contributed by atoms with Crippen molar-refractivity contribution in [2.24, 2.45) is 0 Å². The highest BCUT2D eigenvalue weighted by Gasteiger charge is 2.26. The number of morpholine rings is 1. The summed E-state index contributed by atoms with van der Waals surface area (Å²) in [5.74, 6) is -1.28. The number of aryl methyl sites for hydroxylation is 1. The number of carbonyl (C=O) groups excluding carboxylic acids is 2. The third-order valence-electron chi connectivity index (χ3n) is 6.04. The van der Waals surface area contributed by atoms with Gasteiger partial charge in [-0.3, -0.25) is 14.5 Å². The molecule has 2 aliphatic heterocycles. The van der Waals surface area contributed by atoms with Crippen LogP contribution in [0, 0.1) is 6.92 Å². The summed E-state index contributed by atoms with van der Waals surface area (Å²) in [4.78, 5) is 29.5. The van der Waals surface area contributed by atoms with Gasteiger partial charge < -0.3 is 20.3 Å². The van der Waals surface area contributed by atoms with Gasteiger partial charge in [0.15, 0.2) is 0 Å². The lowest BCUT2D eigenvalue weighted by atomic mass is 10.0. The number of hydrogen-bond acceptors (Lipinski definition) is 5. The van der Waals surface area contributed by atoms with Crippen LogP contribution in [0.5, 0.6) is 0 Å². The van der Waals surface area contributed by atoms with Gasteiger partial charge in [0.25, 0.3) is 0 Å². The Hall–Kier alpha value is -2.90. The fourth-order valence-corrected chi connectivity index (χ4v) is 4.32. The zero-order valence-electron chi connectivity index (χ0n) is 18.2. The van der Waals surface area contributed by atoms with Gasteiger partial charge in [-0.25, -0.2) is 0 Å². The molecule has 0 radical (unpaired) electrons. The summed E-state index contributed by atoms with van der Waals surface area (Å²) in [6.07, 6.45) is 1.03. The highest BCUT2D eigenvalue weighted by molar-refractivity contribution is 6.39. The maximum atomic E-state index is 12.5. The third-order valence-corrected chi connectivity index (χ3v) is 6.04. The fraction of sp³-hybridized carbons (Fsp3) is 0.417. The summed E-state index contributed by atoms with van der Waals surface area (Å²) in [5.41, 5.74) is 5.41. The van der Waals surface area contributed by atoms with Crippen LogP contribution in [0.25, 0.3) is 0 Å². The van der Waals surface area contributed by atoms with Crippen molar-refractivity contribution in [2.75, 3.05) is 56.7 Å². The maximum Gasteiger partial charge on any atom is 0.313 e. The molecule has 164 valence electrons. The van der Waals surface area contributed by atoms with Crippen LogP contribution in [-0.4, -0.2) is 63.2 Å². The molecule has 1 atom stereocenters. The number of fused-ring (bicyclic) bond motifs is 1. The van der Waals surface area contributed by atoms with Gasteiger partial charge in [0.2, 0.25) is 0 Å². The quantitative estimate of drug-likeness (QED) is 0.722. The Morgan fingerprint density at radius 3 is 2.65 bits per heavy atom. The molecular weight excluding hydrogens is 392 g/mol. The van der Waals surface area contributed by atoms with Crippen molar-refractivity contribution >= 4 is 23.2 Å². The predicted molar refractivity (Wildman–Crippen MR) is 121 cm³/mol. The van der Waals surface area contributed by atoms with E-state index in [-0.39, 0.29) is 6.04 Å². The molecule has 0 aromatic heterocycles. The van der Waals surface area contributed by atoms with Crippen molar-refractivity contribution in [1.29, 1.82) is 0 Å². The van der Waals surface area contributed by atoms with E-state index in [0.29, 0.717) is 25.4 Å². The molecule has 0 aliphatic carbocycles. The van der Waals surface area contributed by atoms with Crippen molar-refractivity contribution in [3.05, 3.63) is 59.2 Å².